The van der Waals surface area contributed by atoms with Crippen LogP contribution >= 0.6 is 0 Å². The van der Waals surface area contributed by atoms with Gasteiger partial charge >= 0.3 is 0 Å². The standard InChI is InChI=1S/C21H29N7O2/c1-4-5-20(29)26-19-12-16(23-14-24-19)13-27-8-10-28(11-9-27)18-7-6-17(21(30)22-3)25-15(18)2/h6-7,12,14H,4-5,8-11,13H2,1-3H3,(H,22,30)(H,23,24,26,29). The topological polar surface area (TPSA) is 103 Å². The summed E-state index contributed by atoms with van der Waals surface area (Å²) in [5.41, 5.74) is 3.24. The van der Waals surface area contributed by atoms with E-state index in [9.17, 15) is 9.59 Å². The molecular weight excluding hydrogens is 382 g/mol. The first kappa shape index (κ1) is 21.6. The maximum atomic E-state index is 11.8. The van der Waals surface area contributed by atoms with Gasteiger partial charge in [-0.15, -0.1) is 0 Å². The molecule has 30 heavy (non-hydrogen) atoms. The van der Waals surface area contributed by atoms with Crippen molar-refractivity contribution in [3.05, 3.63) is 41.6 Å². The molecular formula is C21H29N7O2. The van der Waals surface area contributed by atoms with E-state index in [4.69, 9.17) is 0 Å². The molecule has 0 bridgehead atoms. The molecule has 1 saturated heterocycles. The van der Waals surface area contributed by atoms with E-state index < -0.39 is 0 Å². The summed E-state index contributed by atoms with van der Waals surface area (Å²) in [6.45, 7) is 8.12. The zero-order chi connectivity index (χ0) is 21.5. The van der Waals surface area contributed by atoms with Crippen molar-refractivity contribution in [2.45, 2.75) is 33.2 Å². The Morgan fingerprint density at radius 1 is 1.13 bits per heavy atom. The Balaban J connectivity index is 1.56. The van der Waals surface area contributed by atoms with Crippen LogP contribution in [0.4, 0.5) is 11.5 Å². The minimum absolute atomic E-state index is 0.0258. The van der Waals surface area contributed by atoms with Crippen molar-refractivity contribution in [1.82, 2.24) is 25.2 Å². The van der Waals surface area contributed by atoms with Crippen molar-refractivity contribution in [3.63, 3.8) is 0 Å². The Bertz CT molecular complexity index is 895. The quantitative estimate of drug-likeness (QED) is 0.713. The molecule has 0 unspecified atom stereocenters. The van der Waals surface area contributed by atoms with Gasteiger partial charge in [0.1, 0.15) is 17.8 Å². The summed E-state index contributed by atoms with van der Waals surface area (Å²) in [5.74, 6) is 0.349. The number of nitrogens with one attached hydrogen (secondary N) is 2. The van der Waals surface area contributed by atoms with Crippen molar-refractivity contribution in [3.8, 4) is 0 Å². The van der Waals surface area contributed by atoms with Crippen LogP contribution in [-0.4, -0.2) is 64.9 Å². The molecule has 0 aromatic carbocycles. The van der Waals surface area contributed by atoms with Crippen LogP contribution in [0.2, 0.25) is 0 Å². The highest BCUT2D eigenvalue weighted by Gasteiger charge is 2.20. The van der Waals surface area contributed by atoms with Gasteiger partial charge in [-0.25, -0.2) is 15.0 Å². The van der Waals surface area contributed by atoms with Gasteiger partial charge in [-0.2, -0.15) is 0 Å². The number of carbonyl (C=O) groups is 2. The molecule has 2 aromatic rings. The second kappa shape index (κ2) is 10.1. The van der Waals surface area contributed by atoms with Crippen molar-refractivity contribution in [1.29, 1.82) is 0 Å². The summed E-state index contributed by atoms with van der Waals surface area (Å²) in [6.07, 6.45) is 2.79. The molecule has 0 atom stereocenters. The predicted molar refractivity (Wildman–Crippen MR) is 115 cm³/mol. The smallest absolute Gasteiger partial charge is 0.269 e. The molecule has 0 radical (unpaired) electrons. The van der Waals surface area contributed by atoms with E-state index in [-0.39, 0.29) is 11.8 Å². The summed E-state index contributed by atoms with van der Waals surface area (Å²) < 4.78 is 0. The van der Waals surface area contributed by atoms with Gasteiger partial charge in [0.15, 0.2) is 0 Å². The number of hydrogen-bond donors (Lipinski definition) is 2. The van der Waals surface area contributed by atoms with Crippen LogP contribution in [0.25, 0.3) is 0 Å². The van der Waals surface area contributed by atoms with Crippen LogP contribution in [0.15, 0.2) is 24.5 Å². The first-order valence-corrected chi connectivity index (χ1v) is 10.3. The van der Waals surface area contributed by atoms with Gasteiger partial charge in [0.05, 0.1) is 17.1 Å². The lowest BCUT2D eigenvalue weighted by atomic mass is 10.2. The average molecular weight is 412 g/mol. The first-order valence-electron chi connectivity index (χ1n) is 10.3. The third kappa shape index (κ3) is 5.50. The number of piperazine rings is 1. The van der Waals surface area contributed by atoms with Crippen LogP contribution < -0.4 is 15.5 Å². The molecule has 160 valence electrons. The van der Waals surface area contributed by atoms with E-state index in [1.165, 1.54) is 6.33 Å². The highest BCUT2D eigenvalue weighted by atomic mass is 16.2. The summed E-state index contributed by atoms with van der Waals surface area (Å²) >= 11 is 0. The molecule has 2 N–H and O–H groups in total. The van der Waals surface area contributed by atoms with Crippen molar-refractivity contribution < 1.29 is 9.59 Å². The normalized spacial score (nSPS) is 14.4. The number of aromatic nitrogens is 3. The van der Waals surface area contributed by atoms with Gasteiger partial charge in [-0.05, 0) is 25.5 Å². The van der Waals surface area contributed by atoms with Crippen molar-refractivity contribution >= 4 is 23.3 Å². The van der Waals surface area contributed by atoms with Crippen LogP contribution in [-0.2, 0) is 11.3 Å². The average Bonchev–Trinajstić information content (AvgIpc) is 2.74. The van der Waals surface area contributed by atoms with E-state index in [1.54, 1.807) is 13.1 Å². The Morgan fingerprint density at radius 3 is 2.57 bits per heavy atom. The number of aryl methyl sites for hydroxylation is 1. The fraction of sp³-hybridized carbons (Fsp3) is 0.476. The second-order valence-electron chi connectivity index (χ2n) is 7.34. The van der Waals surface area contributed by atoms with Crippen molar-refractivity contribution in [2.75, 3.05) is 43.4 Å². The Morgan fingerprint density at radius 2 is 1.90 bits per heavy atom. The number of amides is 2. The third-order valence-electron chi connectivity index (χ3n) is 5.08. The molecule has 0 spiro atoms. The van der Waals surface area contributed by atoms with Gasteiger partial charge < -0.3 is 15.5 Å². The molecule has 0 saturated carbocycles. The van der Waals surface area contributed by atoms with Gasteiger partial charge in [0.2, 0.25) is 5.91 Å². The number of pyridine rings is 1. The number of nitrogens with zero attached hydrogens (tertiary/aromatic N) is 5. The minimum Gasteiger partial charge on any atom is -0.368 e. The minimum atomic E-state index is -0.176. The number of hydrogen-bond acceptors (Lipinski definition) is 7. The molecule has 1 aliphatic rings. The zero-order valence-electron chi connectivity index (χ0n) is 17.8. The fourth-order valence-electron chi connectivity index (χ4n) is 3.50. The molecule has 2 aromatic heterocycles. The molecule has 9 nitrogen and oxygen atoms in total. The molecule has 3 heterocycles. The highest BCUT2D eigenvalue weighted by Crippen LogP contribution is 2.21. The largest absolute Gasteiger partial charge is 0.368 e. The van der Waals surface area contributed by atoms with Crippen LogP contribution in [0.5, 0.6) is 0 Å². The Labute approximate surface area is 176 Å². The third-order valence-corrected chi connectivity index (χ3v) is 5.08. The highest BCUT2D eigenvalue weighted by molar-refractivity contribution is 5.92. The zero-order valence-corrected chi connectivity index (χ0v) is 17.8. The molecule has 2 amide bonds. The lowest BCUT2D eigenvalue weighted by molar-refractivity contribution is -0.116. The van der Waals surface area contributed by atoms with Gasteiger partial charge in [-0.3, -0.25) is 14.5 Å². The van der Waals surface area contributed by atoms with Gasteiger partial charge in [-0.1, -0.05) is 6.92 Å². The molecule has 0 aliphatic carbocycles. The lowest BCUT2D eigenvalue weighted by Gasteiger charge is -2.36. The van der Waals surface area contributed by atoms with E-state index in [2.05, 4.69) is 35.4 Å². The number of anilines is 2. The Hall–Kier alpha value is -3.07. The summed E-state index contributed by atoms with van der Waals surface area (Å²) in [5, 5.41) is 5.42. The summed E-state index contributed by atoms with van der Waals surface area (Å²) in [7, 11) is 1.60. The lowest BCUT2D eigenvalue weighted by Crippen LogP contribution is -2.46. The maximum Gasteiger partial charge on any atom is 0.269 e. The van der Waals surface area contributed by atoms with Crippen molar-refractivity contribution in [2.24, 2.45) is 0 Å². The first-order chi connectivity index (χ1) is 14.5. The predicted octanol–water partition coefficient (Wildman–Crippen LogP) is 1.60. The van der Waals surface area contributed by atoms with Crippen LogP contribution in [0.1, 0.15) is 41.6 Å². The van der Waals surface area contributed by atoms with E-state index in [1.807, 2.05) is 26.0 Å². The van der Waals surface area contributed by atoms with Gasteiger partial charge in [0, 0.05) is 52.3 Å². The van der Waals surface area contributed by atoms with Crippen LogP contribution in [0, 0.1) is 6.92 Å². The second-order valence-corrected chi connectivity index (χ2v) is 7.34. The van der Waals surface area contributed by atoms with E-state index in [0.29, 0.717) is 24.5 Å². The van der Waals surface area contributed by atoms with E-state index in [0.717, 1.165) is 49.7 Å². The molecule has 9 heteroatoms. The summed E-state index contributed by atoms with van der Waals surface area (Å²) in [4.78, 5) is 41.1. The molecule has 3 rings (SSSR count). The molecule has 1 aliphatic heterocycles. The molecule has 1 fully saturated rings. The van der Waals surface area contributed by atoms with E-state index >= 15 is 0 Å². The number of rotatable bonds is 7. The van der Waals surface area contributed by atoms with Crippen LogP contribution in [0.3, 0.4) is 0 Å². The number of carbonyl (C=O) groups excluding carboxylic acids is 2. The Kier molecular flexibility index (Phi) is 7.29. The van der Waals surface area contributed by atoms with Gasteiger partial charge in [0.25, 0.3) is 5.91 Å². The summed E-state index contributed by atoms with van der Waals surface area (Å²) in [6, 6.07) is 5.58. The SMILES string of the molecule is CCCC(=O)Nc1cc(CN2CCN(c3ccc(C(=O)NC)nc3C)CC2)ncn1. The maximum absolute atomic E-state index is 11.8. The monoisotopic (exact) mass is 411 g/mol. The fourth-order valence-corrected chi connectivity index (χ4v) is 3.50.